The third kappa shape index (κ3) is 7.37. The average molecular weight is 501 g/mol. The SMILES string of the molecule is COC(=O)CN/C=C(\C#N)[P+](c1ccccc1)(c1ccccc1)c1ccccc1.[O-][Cl+3]([O-])([O-])[O-]. The van der Waals surface area contributed by atoms with Crippen LogP contribution in [0.3, 0.4) is 0 Å². The molecule has 0 saturated carbocycles. The normalized spacial score (nSPS) is 11.5. The summed E-state index contributed by atoms with van der Waals surface area (Å²) < 4.78 is 38.7. The quantitative estimate of drug-likeness (QED) is 0.230. The minimum Gasteiger partial charge on any atom is -0.468 e. The number of benzene rings is 3. The predicted octanol–water partition coefficient (Wildman–Crippen LogP) is -1.65. The van der Waals surface area contributed by atoms with E-state index in [1.165, 1.54) is 7.11 Å². The van der Waals surface area contributed by atoms with E-state index in [0.29, 0.717) is 5.31 Å². The first kappa shape index (κ1) is 27.0. The first-order valence-corrected chi connectivity index (χ1v) is 12.8. The molecule has 0 aliphatic rings. The Morgan fingerprint density at radius 3 is 1.53 bits per heavy atom. The van der Waals surface area contributed by atoms with E-state index < -0.39 is 17.5 Å². The molecule has 0 bridgehead atoms. The molecule has 3 aromatic rings. The van der Waals surface area contributed by atoms with Gasteiger partial charge in [0.05, 0.1) is 13.3 Å². The van der Waals surface area contributed by atoms with Crippen LogP contribution >= 0.6 is 7.26 Å². The Labute approximate surface area is 200 Å². The number of carbonyl (C=O) groups is 1. The monoisotopic (exact) mass is 500 g/mol. The van der Waals surface area contributed by atoms with Gasteiger partial charge in [-0.3, -0.25) is 4.79 Å². The molecule has 0 aliphatic heterocycles. The molecule has 1 N–H and O–H groups in total. The molecular formula is C24H22ClN2O6P. The molecule has 0 amide bonds. The molecule has 10 heteroatoms. The first-order valence-electron chi connectivity index (χ1n) is 9.82. The summed E-state index contributed by atoms with van der Waals surface area (Å²) in [5, 5.41) is 17.0. The van der Waals surface area contributed by atoms with Gasteiger partial charge in [0.1, 0.15) is 28.5 Å². The number of esters is 1. The van der Waals surface area contributed by atoms with Gasteiger partial charge >= 0.3 is 5.97 Å². The first-order chi connectivity index (χ1) is 16.2. The Hall–Kier alpha value is -3.28. The van der Waals surface area contributed by atoms with Crippen molar-refractivity contribution in [2.24, 2.45) is 0 Å². The number of halogens is 1. The Balaban J connectivity index is 0.000000739. The van der Waals surface area contributed by atoms with Crippen LogP contribution < -0.4 is 39.9 Å². The van der Waals surface area contributed by atoms with E-state index in [0.717, 1.165) is 15.9 Å². The van der Waals surface area contributed by atoms with Crippen molar-refractivity contribution in [1.82, 2.24) is 5.32 Å². The van der Waals surface area contributed by atoms with Crippen molar-refractivity contribution in [2.75, 3.05) is 13.7 Å². The molecule has 176 valence electrons. The van der Waals surface area contributed by atoms with E-state index in [-0.39, 0.29) is 12.5 Å². The molecule has 0 spiro atoms. The van der Waals surface area contributed by atoms with Gasteiger partial charge in [-0.2, -0.15) is 5.26 Å². The standard InChI is InChI=1S/C24H22N2O2P.ClHO4/c1-28-24(27)19-26-18-23(17-25)29(20-11-5-2-6-12-20,21-13-7-3-8-14-21)22-15-9-4-10-16-22;2-1(3,4)5/h2-16,18,26H,19H2,1H3;(H,2,3,4,5)/q+1;/p-1/b23-18+;. The fourth-order valence-corrected chi connectivity index (χ4v) is 7.35. The van der Waals surface area contributed by atoms with Crippen molar-refractivity contribution in [1.29, 1.82) is 5.26 Å². The van der Waals surface area contributed by atoms with Crippen LogP contribution in [0.1, 0.15) is 0 Å². The number of nitriles is 1. The molecule has 0 saturated heterocycles. The Morgan fingerprint density at radius 2 is 1.24 bits per heavy atom. The number of rotatable bonds is 7. The van der Waals surface area contributed by atoms with Crippen LogP contribution in [0.15, 0.2) is 103 Å². The topological polar surface area (TPSA) is 154 Å². The predicted molar refractivity (Wildman–Crippen MR) is 119 cm³/mol. The maximum atomic E-state index is 11.6. The number of hydrogen-bond acceptors (Lipinski definition) is 8. The van der Waals surface area contributed by atoms with Gasteiger partial charge in [0.2, 0.25) is 5.31 Å². The number of nitrogens with one attached hydrogen (secondary N) is 1. The molecule has 3 aromatic carbocycles. The van der Waals surface area contributed by atoms with Crippen molar-refractivity contribution in [2.45, 2.75) is 0 Å². The summed E-state index contributed by atoms with van der Waals surface area (Å²) in [5.74, 6) is -0.387. The van der Waals surface area contributed by atoms with Crippen molar-refractivity contribution in [3.05, 3.63) is 103 Å². The average Bonchev–Trinajstić information content (AvgIpc) is 2.84. The molecular weight excluding hydrogens is 479 g/mol. The van der Waals surface area contributed by atoms with E-state index in [1.807, 2.05) is 54.6 Å². The van der Waals surface area contributed by atoms with Crippen LogP contribution in [-0.4, -0.2) is 19.6 Å². The second-order valence-electron chi connectivity index (χ2n) is 6.65. The van der Waals surface area contributed by atoms with Gasteiger partial charge < -0.3 is 10.1 Å². The summed E-state index contributed by atoms with van der Waals surface area (Å²) in [7, 11) is -6.05. The third-order valence-corrected chi connectivity index (χ3v) is 8.79. The highest BCUT2D eigenvalue weighted by Crippen LogP contribution is 2.61. The summed E-state index contributed by atoms with van der Waals surface area (Å²) in [6, 6.07) is 32.7. The maximum Gasteiger partial charge on any atom is 0.325 e. The van der Waals surface area contributed by atoms with E-state index in [2.05, 4.69) is 47.8 Å². The van der Waals surface area contributed by atoms with Crippen molar-refractivity contribution < 1.29 is 38.4 Å². The van der Waals surface area contributed by atoms with E-state index in [4.69, 9.17) is 23.4 Å². The lowest BCUT2D eigenvalue weighted by atomic mass is 10.4. The van der Waals surface area contributed by atoms with Gasteiger partial charge in [-0.1, -0.05) is 54.6 Å². The second-order valence-corrected chi connectivity index (χ2v) is 10.8. The lowest BCUT2D eigenvalue weighted by molar-refractivity contribution is -2.00. The summed E-state index contributed by atoms with van der Waals surface area (Å²) in [6.07, 6.45) is 1.66. The van der Waals surface area contributed by atoms with Gasteiger partial charge in [0, 0.05) is 0 Å². The Morgan fingerprint density at radius 1 is 0.882 bits per heavy atom. The van der Waals surface area contributed by atoms with Gasteiger partial charge in [0.25, 0.3) is 0 Å². The second kappa shape index (κ2) is 12.8. The van der Waals surface area contributed by atoms with Crippen LogP contribution in [0.25, 0.3) is 0 Å². The van der Waals surface area contributed by atoms with Crippen molar-refractivity contribution >= 4 is 29.1 Å². The van der Waals surface area contributed by atoms with Crippen LogP contribution in [0.4, 0.5) is 0 Å². The molecule has 0 aliphatic carbocycles. The highest BCUT2D eigenvalue weighted by Gasteiger charge is 2.50. The molecule has 0 radical (unpaired) electrons. The number of allylic oxidation sites excluding steroid dienone is 1. The van der Waals surface area contributed by atoms with Crippen molar-refractivity contribution in [3.8, 4) is 6.07 Å². The molecule has 3 rings (SSSR count). The van der Waals surface area contributed by atoms with Crippen LogP contribution in [0.5, 0.6) is 0 Å². The lowest BCUT2D eigenvalue weighted by Gasteiger charge is -2.26. The molecule has 34 heavy (non-hydrogen) atoms. The minimum atomic E-state index is -4.94. The number of carbonyl (C=O) groups excluding carboxylic acids is 1. The molecule has 8 nitrogen and oxygen atoms in total. The number of hydrogen-bond donors (Lipinski definition) is 1. The van der Waals surface area contributed by atoms with Crippen LogP contribution in [-0.2, 0) is 9.53 Å². The largest absolute Gasteiger partial charge is 0.468 e. The summed E-state index contributed by atoms with van der Waals surface area (Å²) in [5.41, 5.74) is 0. The number of ether oxygens (including phenoxy) is 1. The highest BCUT2D eigenvalue weighted by atomic mass is 35.7. The zero-order valence-electron chi connectivity index (χ0n) is 18.2. The zero-order chi connectivity index (χ0) is 25.0. The minimum absolute atomic E-state index is 0.0000487. The molecule has 0 atom stereocenters. The summed E-state index contributed by atoms with van der Waals surface area (Å²) in [6.45, 7) is 0.0000487. The van der Waals surface area contributed by atoms with E-state index in [1.54, 1.807) is 6.20 Å². The van der Waals surface area contributed by atoms with Gasteiger partial charge in [-0.15, -0.1) is 10.2 Å². The van der Waals surface area contributed by atoms with Gasteiger partial charge in [-0.25, -0.2) is 18.6 Å². The maximum absolute atomic E-state index is 11.6. The molecule has 0 fully saturated rings. The Kier molecular flexibility index (Phi) is 10.2. The number of nitrogens with zero attached hydrogens (tertiary/aromatic N) is 1. The third-order valence-electron chi connectivity index (χ3n) is 4.62. The van der Waals surface area contributed by atoms with Crippen LogP contribution in [0, 0.1) is 21.6 Å². The summed E-state index contributed by atoms with van der Waals surface area (Å²) in [4.78, 5) is 11.6. The fourth-order valence-electron chi connectivity index (χ4n) is 3.33. The molecule has 0 unspecified atom stereocenters. The lowest BCUT2D eigenvalue weighted by Crippen LogP contribution is -2.68. The van der Waals surface area contributed by atoms with Gasteiger partial charge in [-0.05, 0) is 36.4 Å². The van der Waals surface area contributed by atoms with E-state index in [9.17, 15) is 10.1 Å². The summed E-state index contributed by atoms with van der Waals surface area (Å²) >= 11 is 0. The molecule has 0 aromatic heterocycles. The van der Waals surface area contributed by atoms with E-state index >= 15 is 0 Å². The fraction of sp³-hybridized carbons (Fsp3) is 0.0833. The van der Waals surface area contributed by atoms with Crippen LogP contribution in [0.2, 0.25) is 0 Å². The van der Waals surface area contributed by atoms with Gasteiger partial charge in [0.15, 0.2) is 7.26 Å². The Bertz CT molecular complexity index is 1010. The smallest absolute Gasteiger partial charge is 0.325 e. The van der Waals surface area contributed by atoms with Crippen molar-refractivity contribution in [3.63, 3.8) is 0 Å². The molecule has 0 heterocycles. The number of methoxy groups -OCH3 is 1. The highest BCUT2D eigenvalue weighted by molar-refractivity contribution is 7.99. The zero-order valence-corrected chi connectivity index (χ0v) is 19.8.